The molecular formula is C10H12O5. The number of carbonyl (C=O) groups is 2. The number of allylic oxidation sites excluding steroid dienone is 3. The molecule has 15 heavy (non-hydrogen) atoms. The lowest BCUT2D eigenvalue weighted by Crippen LogP contribution is -2.27. The van der Waals surface area contributed by atoms with E-state index in [-0.39, 0.29) is 17.1 Å². The van der Waals surface area contributed by atoms with Crippen molar-refractivity contribution in [2.24, 2.45) is 0 Å². The van der Waals surface area contributed by atoms with Gasteiger partial charge in [-0.1, -0.05) is 0 Å². The Bertz CT molecular complexity index is 336. The summed E-state index contributed by atoms with van der Waals surface area (Å²) in [6, 6.07) is 0. The van der Waals surface area contributed by atoms with Gasteiger partial charge in [0.15, 0.2) is 17.8 Å². The molecule has 1 aliphatic rings. The molecule has 0 saturated heterocycles. The van der Waals surface area contributed by atoms with Crippen molar-refractivity contribution in [3.8, 4) is 0 Å². The van der Waals surface area contributed by atoms with Crippen molar-refractivity contribution in [3.05, 3.63) is 23.5 Å². The van der Waals surface area contributed by atoms with E-state index in [0.29, 0.717) is 0 Å². The van der Waals surface area contributed by atoms with Gasteiger partial charge in [-0.05, 0) is 6.08 Å². The number of hydrogen-bond donors (Lipinski definition) is 0. The first kappa shape index (κ1) is 11.6. The molecule has 0 bridgehead atoms. The third-order valence-electron chi connectivity index (χ3n) is 1.96. The first-order valence-corrected chi connectivity index (χ1v) is 4.25. The molecule has 1 aliphatic carbocycles. The van der Waals surface area contributed by atoms with Crippen LogP contribution in [-0.2, 0) is 23.8 Å². The van der Waals surface area contributed by atoms with Crippen molar-refractivity contribution in [2.75, 3.05) is 21.3 Å². The van der Waals surface area contributed by atoms with E-state index in [1.807, 2.05) is 0 Å². The van der Waals surface area contributed by atoms with Crippen molar-refractivity contribution in [1.82, 2.24) is 0 Å². The van der Waals surface area contributed by atoms with Gasteiger partial charge in [-0.2, -0.15) is 0 Å². The van der Waals surface area contributed by atoms with Gasteiger partial charge >= 0.3 is 0 Å². The maximum atomic E-state index is 11.7. The minimum Gasteiger partial charge on any atom is -0.493 e. The topological polar surface area (TPSA) is 61.8 Å². The van der Waals surface area contributed by atoms with Crippen molar-refractivity contribution < 1.29 is 23.8 Å². The number of rotatable bonds is 4. The zero-order valence-electron chi connectivity index (χ0n) is 8.77. The zero-order chi connectivity index (χ0) is 11.4. The van der Waals surface area contributed by atoms with Gasteiger partial charge in [-0.3, -0.25) is 9.59 Å². The van der Waals surface area contributed by atoms with Crippen LogP contribution < -0.4 is 0 Å². The lowest BCUT2D eigenvalue weighted by atomic mass is 10.0. The summed E-state index contributed by atoms with van der Waals surface area (Å²) < 4.78 is 14.6. The number of ketones is 2. The molecule has 0 unspecified atom stereocenters. The van der Waals surface area contributed by atoms with Crippen LogP contribution in [0.5, 0.6) is 0 Å². The van der Waals surface area contributed by atoms with Crippen LogP contribution in [0.2, 0.25) is 0 Å². The molecule has 0 aromatic heterocycles. The van der Waals surface area contributed by atoms with Crippen molar-refractivity contribution >= 4 is 11.6 Å². The molecular weight excluding hydrogens is 200 g/mol. The van der Waals surface area contributed by atoms with E-state index in [9.17, 15) is 9.59 Å². The van der Waals surface area contributed by atoms with Crippen LogP contribution in [0.15, 0.2) is 23.5 Å². The van der Waals surface area contributed by atoms with Crippen LogP contribution in [0.3, 0.4) is 0 Å². The fourth-order valence-corrected chi connectivity index (χ4v) is 1.27. The highest BCUT2D eigenvalue weighted by Crippen LogP contribution is 2.18. The van der Waals surface area contributed by atoms with E-state index in [1.54, 1.807) is 0 Å². The van der Waals surface area contributed by atoms with Crippen molar-refractivity contribution in [3.63, 3.8) is 0 Å². The Balaban J connectivity index is 3.00. The zero-order valence-corrected chi connectivity index (χ0v) is 8.77. The molecule has 0 saturated carbocycles. The van der Waals surface area contributed by atoms with Crippen LogP contribution in [0.4, 0.5) is 0 Å². The predicted molar refractivity (Wildman–Crippen MR) is 51.0 cm³/mol. The largest absolute Gasteiger partial charge is 0.493 e. The quantitative estimate of drug-likeness (QED) is 0.492. The number of methoxy groups -OCH3 is 3. The van der Waals surface area contributed by atoms with Crippen LogP contribution >= 0.6 is 0 Å². The third-order valence-corrected chi connectivity index (χ3v) is 1.96. The maximum absolute atomic E-state index is 11.7. The molecule has 0 atom stereocenters. The Kier molecular flexibility index (Phi) is 3.76. The van der Waals surface area contributed by atoms with Gasteiger partial charge in [0.05, 0.1) is 12.7 Å². The van der Waals surface area contributed by atoms with Gasteiger partial charge in [0, 0.05) is 20.3 Å². The smallest absolute Gasteiger partial charge is 0.228 e. The van der Waals surface area contributed by atoms with Crippen LogP contribution in [0, 0.1) is 0 Å². The number of ether oxygens (including phenoxy) is 3. The average Bonchev–Trinajstić information content (AvgIpc) is 2.24. The Labute approximate surface area is 87.3 Å². The van der Waals surface area contributed by atoms with Crippen molar-refractivity contribution in [2.45, 2.75) is 6.29 Å². The second-order valence-electron chi connectivity index (χ2n) is 2.85. The normalized spacial score (nSPS) is 16.5. The van der Waals surface area contributed by atoms with E-state index in [4.69, 9.17) is 14.2 Å². The SMILES string of the molecule is COC1=CC(=O)C=C(C(OC)OC)C1=O. The lowest BCUT2D eigenvalue weighted by Gasteiger charge is -2.18. The minimum absolute atomic E-state index is 0.00315. The van der Waals surface area contributed by atoms with Gasteiger partial charge in [0.2, 0.25) is 5.78 Å². The van der Waals surface area contributed by atoms with Gasteiger partial charge in [-0.15, -0.1) is 0 Å². The Morgan fingerprint density at radius 3 is 2.13 bits per heavy atom. The molecule has 0 heterocycles. The molecule has 82 valence electrons. The fraction of sp³-hybridized carbons (Fsp3) is 0.400. The molecule has 0 spiro atoms. The van der Waals surface area contributed by atoms with E-state index in [2.05, 4.69) is 0 Å². The predicted octanol–water partition coefficient (Wildman–Crippen LogP) is 0.214. The summed E-state index contributed by atoms with van der Waals surface area (Å²) in [6.45, 7) is 0. The monoisotopic (exact) mass is 212 g/mol. The van der Waals surface area contributed by atoms with Gasteiger partial charge < -0.3 is 14.2 Å². The summed E-state index contributed by atoms with van der Waals surface area (Å²) in [5.74, 6) is -0.719. The molecule has 0 aromatic carbocycles. The highest BCUT2D eigenvalue weighted by atomic mass is 16.7. The number of hydrogen-bond acceptors (Lipinski definition) is 5. The Hall–Kier alpha value is -1.46. The van der Waals surface area contributed by atoms with Crippen LogP contribution in [-0.4, -0.2) is 39.2 Å². The summed E-state index contributed by atoms with van der Waals surface area (Å²) in [5.41, 5.74) is 0.143. The van der Waals surface area contributed by atoms with E-state index in [1.165, 1.54) is 27.4 Å². The second kappa shape index (κ2) is 4.86. The van der Waals surface area contributed by atoms with Crippen LogP contribution in [0.1, 0.15) is 0 Å². The highest BCUT2D eigenvalue weighted by molar-refractivity contribution is 6.19. The minimum atomic E-state index is -0.847. The third kappa shape index (κ3) is 2.31. The average molecular weight is 212 g/mol. The van der Waals surface area contributed by atoms with E-state index < -0.39 is 12.1 Å². The molecule has 5 heteroatoms. The highest BCUT2D eigenvalue weighted by Gasteiger charge is 2.28. The first-order valence-electron chi connectivity index (χ1n) is 4.25. The summed E-state index contributed by atoms with van der Waals surface area (Å²) in [5, 5.41) is 0. The van der Waals surface area contributed by atoms with Crippen LogP contribution in [0.25, 0.3) is 0 Å². The second-order valence-corrected chi connectivity index (χ2v) is 2.85. The standard InChI is InChI=1S/C10H12O5/c1-13-8-5-6(11)4-7(9(8)12)10(14-2)15-3/h4-5,10H,1-3H3. The van der Waals surface area contributed by atoms with Crippen molar-refractivity contribution in [1.29, 1.82) is 0 Å². The van der Waals surface area contributed by atoms with E-state index >= 15 is 0 Å². The fourth-order valence-electron chi connectivity index (χ4n) is 1.27. The summed E-state index contributed by atoms with van der Waals surface area (Å²) in [6.07, 6.45) is 1.47. The van der Waals surface area contributed by atoms with E-state index in [0.717, 1.165) is 6.08 Å². The maximum Gasteiger partial charge on any atom is 0.228 e. The molecule has 0 fully saturated rings. The Morgan fingerprint density at radius 2 is 1.67 bits per heavy atom. The number of carbonyl (C=O) groups excluding carboxylic acids is 2. The summed E-state index contributed by atoms with van der Waals surface area (Å²) >= 11 is 0. The van der Waals surface area contributed by atoms with Gasteiger partial charge in [-0.25, -0.2) is 0 Å². The molecule has 0 radical (unpaired) electrons. The summed E-state index contributed by atoms with van der Waals surface area (Å²) in [4.78, 5) is 22.9. The molecule has 5 nitrogen and oxygen atoms in total. The summed E-state index contributed by atoms with van der Waals surface area (Å²) in [7, 11) is 4.10. The molecule has 1 rings (SSSR count). The Morgan fingerprint density at radius 1 is 1.07 bits per heavy atom. The van der Waals surface area contributed by atoms with Gasteiger partial charge in [0.1, 0.15) is 0 Å². The molecule has 0 N–H and O–H groups in total. The molecule has 0 amide bonds. The molecule has 0 aliphatic heterocycles. The lowest BCUT2D eigenvalue weighted by molar-refractivity contribution is -0.125. The van der Waals surface area contributed by atoms with Gasteiger partial charge in [0.25, 0.3) is 0 Å². The first-order chi connectivity index (χ1) is 7.13. The molecule has 0 aromatic rings. The number of Topliss-reactive ketones (excluding diaryl/α,β-unsaturated/α-hetero) is 1.